The third kappa shape index (κ3) is 4.79. The lowest BCUT2D eigenvalue weighted by Gasteiger charge is -2.41. The van der Waals surface area contributed by atoms with E-state index in [1.165, 1.54) is 19.5 Å². The van der Waals surface area contributed by atoms with Crippen LogP contribution in [0.15, 0.2) is 18.6 Å². The minimum Gasteiger partial charge on any atom is -0.453 e. The van der Waals surface area contributed by atoms with E-state index < -0.39 is 5.82 Å². The number of piperidine rings is 2. The molecule has 4 rings (SSSR count). The van der Waals surface area contributed by atoms with Crippen molar-refractivity contribution in [2.24, 2.45) is 0 Å². The Morgan fingerprint density at radius 2 is 1.97 bits per heavy atom. The number of anilines is 1. The number of nitrogens with zero attached hydrogens (tertiary/aromatic N) is 5. The number of halogens is 1. The van der Waals surface area contributed by atoms with Crippen LogP contribution in [-0.4, -0.2) is 76.7 Å². The zero-order valence-electron chi connectivity index (χ0n) is 18.0. The van der Waals surface area contributed by atoms with Crippen LogP contribution in [-0.2, 0) is 9.47 Å². The number of hydrogen-bond acceptors (Lipinski definition) is 7. The first-order chi connectivity index (χ1) is 15.1. The highest BCUT2D eigenvalue weighted by molar-refractivity contribution is 5.68. The third-order valence-electron chi connectivity index (χ3n) is 6.24. The minimum atomic E-state index is -0.439. The average molecular weight is 433 g/mol. The van der Waals surface area contributed by atoms with Crippen molar-refractivity contribution in [3.63, 3.8) is 0 Å². The number of carbonyl (C=O) groups excluding carboxylic acids is 1. The van der Waals surface area contributed by atoms with Crippen LogP contribution < -0.4 is 4.90 Å². The Hall–Kier alpha value is -2.75. The minimum absolute atomic E-state index is 0.0825. The molecular formula is C21H29FN6O3. The van der Waals surface area contributed by atoms with Crippen molar-refractivity contribution in [2.45, 2.75) is 50.7 Å². The van der Waals surface area contributed by atoms with Gasteiger partial charge in [-0.2, -0.15) is 5.10 Å². The molecule has 9 nitrogen and oxygen atoms in total. The fourth-order valence-electron chi connectivity index (χ4n) is 4.59. The number of hydrogen-bond donors (Lipinski definition) is 1. The number of carbonyl (C=O) groups is 1. The molecule has 2 atom stereocenters. The van der Waals surface area contributed by atoms with Gasteiger partial charge in [-0.3, -0.25) is 5.10 Å². The molecule has 0 bridgehead atoms. The van der Waals surface area contributed by atoms with E-state index >= 15 is 0 Å². The van der Waals surface area contributed by atoms with Crippen LogP contribution in [0, 0.1) is 12.7 Å². The number of aryl methyl sites for hydroxylation is 1. The predicted octanol–water partition coefficient (Wildman–Crippen LogP) is 2.65. The number of amides is 1. The molecule has 31 heavy (non-hydrogen) atoms. The quantitative estimate of drug-likeness (QED) is 0.776. The van der Waals surface area contributed by atoms with Gasteiger partial charge in [0.05, 0.1) is 44.0 Å². The molecule has 2 aromatic rings. The molecule has 1 amide bonds. The molecule has 4 heterocycles. The Morgan fingerprint density at radius 3 is 2.61 bits per heavy atom. The Morgan fingerprint density at radius 1 is 1.23 bits per heavy atom. The molecule has 0 saturated carbocycles. The highest BCUT2D eigenvalue weighted by Crippen LogP contribution is 2.34. The number of aromatic amines is 1. The second-order valence-corrected chi connectivity index (χ2v) is 8.15. The van der Waals surface area contributed by atoms with E-state index in [0.29, 0.717) is 19.1 Å². The summed E-state index contributed by atoms with van der Waals surface area (Å²) >= 11 is 0. The molecule has 0 aromatic carbocycles. The fraction of sp³-hybridized carbons (Fsp3) is 0.619. The van der Waals surface area contributed by atoms with Gasteiger partial charge in [-0.15, -0.1) is 0 Å². The zero-order chi connectivity index (χ0) is 21.8. The summed E-state index contributed by atoms with van der Waals surface area (Å²) in [5.41, 5.74) is 2.08. The predicted molar refractivity (Wildman–Crippen MR) is 111 cm³/mol. The van der Waals surface area contributed by atoms with Gasteiger partial charge in [-0.05, 0) is 38.2 Å². The van der Waals surface area contributed by atoms with Crippen molar-refractivity contribution >= 4 is 12.0 Å². The van der Waals surface area contributed by atoms with Gasteiger partial charge in [0, 0.05) is 31.7 Å². The Balaban J connectivity index is 1.39. The third-order valence-corrected chi connectivity index (χ3v) is 6.24. The Bertz CT molecular complexity index is 868. The molecular weight excluding hydrogens is 403 g/mol. The maximum absolute atomic E-state index is 13.1. The second-order valence-electron chi connectivity index (χ2n) is 8.15. The monoisotopic (exact) mass is 432 g/mol. The summed E-state index contributed by atoms with van der Waals surface area (Å²) < 4.78 is 24.4. The van der Waals surface area contributed by atoms with Crippen LogP contribution in [0.25, 0.3) is 0 Å². The van der Waals surface area contributed by atoms with Crippen molar-refractivity contribution in [1.82, 2.24) is 25.1 Å². The fourth-order valence-corrected chi connectivity index (χ4v) is 4.59. The molecule has 0 spiro atoms. The normalized spacial score (nSPS) is 22.5. The number of methoxy groups -OCH3 is 1. The lowest BCUT2D eigenvalue weighted by molar-refractivity contribution is -0.0178. The molecule has 2 fully saturated rings. The van der Waals surface area contributed by atoms with Crippen molar-refractivity contribution in [3.8, 4) is 0 Å². The lowest BCUT2D eigenvalue weighted by Crippen LogP contribution is -2.51. The zero-order valence-corrected chi connectivity index (χ0v) is 18.0. The number of aromatic nitrogens is 4. The summed E-state index contributed by atoms with van der Waals surface area (Å²) in [6, 6.07) is -0.123. The molecule has 1 N–H and O–H groups in total. The summed E-state index contributed by atoms with van der Waals surface area (Å²) in [6.45, 7) is 4.60. The summed E-state index contributed by atoms with van der Waals surface area (Å²) in [6.07, 6.45) is 7.51. The molecule has 0 aliphatic carbocycles. The van der Waals surface area contributed by atoms with Gasteiger partial charge in [0.25, 0.3) is 0 Å². The highest BCUT2D eigenvalue weighted by Gasteiger charge is 2.38. The largest absolute Gasteiger partial charge is 0.453 e. The number of rotatable bonds is 5. The maximum Gasteiger partial charge on any atom is 0.409 e. The molecule has 2 saturated heterocycles. The molecule has 2 aromatic heterocycles. The summed E-state index contributed by atoms with van der Waals surface area (Å²) in [4.78, 5) is 24.4. The summed E-state index contributed by atoms with van der Waals surface area (Å²) in [7, 11) is 1.41. The van der Waals surface area contributed by atoms with E-state index in [1.807, 2.05) is 18.0 Å². The summed E-state index contributed by atoms with van der Waals surface area (Å²) in [5, 5.41) is 7.38. The molecule has 10 heteroatoms. The lowest BCUT2D eigenvalue weighted by atomic mass is 9.85. The van der Waals surface area contributed by atoms with E-state index in [4.69, 9.17) is 9.47 Å². The second kappa shape index (κ2) is 9.59. The maximum atomic E-state index is 13.1. The van der Waals surface area contributed by atoms with E-state index in [2.05, 4.69) is 20.2 Å². The van der Waals surface area contributed by atoms with Gasteiger partial charge in [-0.1, -0.05) is 0 Å². The van der Waals surface area contributed by atoms with E-state index in [0.717, 1.165) is 50.0 Å². The number of H-pyrrole nitrogens is 1. The smallest absolute Gasteiger partial charge is 0.409 e. The van der Waals surface area contributed by atoms with E-state index in [-0.39, 0.29) is 24.2 Å². The van der Waals surface area contributed by atoms with Crippen LogP contribution in [0.5, 0.6) is 0 Å². The van der Waals surface area contributed by atoms with E-state index in [9.17, 15) is 9.18 Å². The van der Waals surface area contributed by atoms with Crippen LogP contribution in [0.2, 0.25) is 0 Å². The van der Waals surface area contributed by atoms with Crippen molar-refractivity contribution in [1.29, 1.82) is 0 Å². The van der Waals surface area contributed by atoms with E-state index in [1.54, 1.807) is 4.90 Å². The SMILES string of the molecule is COC(=O)N1CCC[C@H](c2n[nH]cc2C)[C@@H]1COC1CCN(c2ncc(F)cn2)CC1. The molecule has 0 unspecified atom stereocenters. The number of ether oxygens (including phenoxy) is 2. The topological polar surface area (TPSA) is 96.5 Å². The summed E-state index contributed by atoms with van der Waals surface area (Å²) in [5.74, 6) is 0.205. The van der Waals surface area contributed by atoms with Gasteiger partial charge >= 0.3 is 6.09 Å². The van der Waals surface area contributed by atoms with Crippen LogP contribution >= 0.6 is 0 Å². The van der Waals surface area contributed by atoms with Gasteiger partial charge < -0.3 is 19.3 Å². The van der Waals surface area contributed by atoms with Crippen molar-refractivity contribution < 1.29 is 18.7 Å². The molecule has 2 aliphatic heterocycles. The molecule has 2 aliphatic rings. The average Bonchev–Trinajstić information content (AvgIpc) is 3.23. The van der Waals surface area contributed by atoms with Crippen LogP contribution in [0.3, 0.4) is 0 Å². The van der Waals surface area contributed by atoms with Gasteiger partial charge in [-0.25, -0.2) is 19.2 Å². The first kappa shape index (κ1) is 21.5. The first-order valence-corrected chi connectivity index (χ1v) is 10.8. The van der Waals surface area contributed by atoms with Gasteiger partial charge in [0.1, 0.15) is 0 Å². The number of nitrogens with one attached hydrogen (secondary N) is 1. The van der Waals surface area contributed by atoms with Crippen LogP contribution in [0.4, 0.5) is 15.1 Å². The molecule has 168 valence electrons. The number of likely N-dealkylation sites (tertiary alicyclic amines) is 1. The van der Waals surface area contributed by atoms with Gasteiger partial charge in [0.2, 0.25) is 5.95 Å². The van der Waals surface area contributed by atoms with Crippen molar-refractivity contribution in [2.75, 3.05) is 38.3 Å². The first-order valence-electron chi connectivity index (χ1n) is 10.8. The van der Waals surface area contributed by atoms with Gasteiger partial charge in [0.15, 0.2) is 5.82 Å². The standard InChI is InChI=1S/C21H29FN6O3/c1-14-10-25-26-19(14)17-4-3-7-28(21(29)30-2)18(17)13-31-16-5-8-27(9-6-16)20-23-11-15(22)12-24-20/h10-12,16-18H,3-9,13H2,1-2H3,(H,25,26)/t17-,18-/m0/s1. The molecule has 0 radical (unpaired) electrons. The van der Waals surface area contributed by atoms with Crippen molar-refractivity contribution in [3.05, 3.63) is 35.7 Å². The van der Waals surface area contributed by atoms with Crippen LogP contribution in [0.1, 0.15) is 42.9 Å². The highest BCUT2D eigenvalue weighted by atomic mass is 19.1. The Kier molecular flexibility index (Phi) is 6.64. The Labute approximate surface area is 180 Å².